The van der Waals surface area contributed by atoms with E-state index in [9.17, 15) is 4.79 Å². The highest BCUT2D eigenvalue weighted by molar-refractivity contribution is 7.80. The van der Waals surface area contributed by atoms with Crippen LogP contribution in [0.5, 0.6) is 5.75 Å². The van der Waals surface area contributed by atoms with E-state index in [0.717, 1.165) is 11.1 Å². The Bertz CT molecular complexity index is 1000. The van der Waals surface area contributed by atoms with E-state index < -0.39 is 11.6 Å². The van der Waals surface area contributed by atoms with Crippen LogP contribution in [0.4, 0.5) is 0 Å². The zero-order valence-corrected chi connectivity index (χ0v) is 18.6. The van der Waals surface area contributed by atoms with E-state index in [-0.39, 0.29) is 11.9 Å². The highest BCUT2D eigenvalue weighted by atomic mass is 35.5. The molecule has 4 rings (SSSR count). The van der Waals surface area contributed by atoms with Crippen molar-refractivity contribution in [2.75, 3.05) is 14.1 Å². The normalized spacial score (nSPS) is 25.0. The molecule has 0 radical (unpaired) electrons. The van der Waals surface area contributed by atoms with Gasteiger partial charge in [0.1, 0.15) is 11.7 Å². The number of nitrogens with one attached hydrogen (secondary N) is 1. The maximum atomic E-state index is 13.3. The second-order valence-electron chi connectivity index (χ2n) is 7.65. The Kier molecular flexibility index (Phi) is 5.13. The zero-order valence-electron chi connectivity index (χ0n) is 16.3. The number of ether oxygens (including phenoxy) is 1. The summed E-state index contributed by atoms with van der Waals surface area (Å²) in [5, 5.41) is 5.09. The minimum atomic E-state index is -0.992. The average molecular weight is 450 g/mol. The minimum absolute atomic E-state index is 0.0534. The van der Waals surface area contributed by atoms with Crippen molar-refractivity contribution >= 4 is 46.4 Å². The molecule has 3 atom stereocenters. The molecule has 2 aliphatic rings. The highest BCUT2D eigenvalue weighted by Crippen LogP contribution is 2.49. The van der Waals surface area contributed by atoms with Crippen LogP contribution in [0, 0.1) is 5.92 Å². The van der Waals surface area contributed by atoms with E-state index >= 15 is 0 Å². The van der Waals surface area contributed by atoms with Crippen molar-refractivity contribution in [1.82, 2.24) is 15.1 Å². The molecule has 1 fully saturated rings. The van der Waals surface area contributed by atoms with Gasteiger partial charge >= 0.3 is 0 Å². The van der Waals surface area contributed by atoms with Crippen LogP contribution in [-0.4, -0.2) is 40.6 Å². The Morgan fingerprint density at radius 2 is 2.00 bits per heavy atom. The lowest BCUT2D eigenvalue weighted by molar-refractivity contribution is -0.162. The van der Waals surface area contributed by atoms with Gasteiger partial charge < -0.3 is 19.9 Å². The number of carbonyl (C=O) groups is 1. The van der Waals surface area contributed by atoms with Gasteiger partial charge in [-0.2, -0.15) is 0 Å². The van der Waals surface area contributed by atoms with Crippen molar-refractivity contribution in [1.29, 1.82) is 0 Å². The van der Waals surface area contributed by atoms with E-state index in [1.54, 1.807) is 25.1 Å². The fourth-order valence-electron chi connectivity index (χ4n) is 4.10. The molecular formula is C21H21Cl2N3O2S. The molecule has 0 saturated carbocycles. The van der Waals surface area contributed by atoms with Crippen LogP contribution in [0.1, 0.15) is 24.1 Å². The summed E-state index contributed by atoms with van der Waals surface area (Å²) >= 11 is 18.3. The first-order valence-electron chi connectivity index (χ1n) is 9.23. The number of fused-ring (bicyclic) bond motifs is 4. The summed E-state index contributed by atoms with van der Waals surface area (Å²) in [6.07, 6.45) is 0. The van der Waals surface area contributed by atoms with Crippen molar-refractivity contribution in [2.45, 2.75) is 25.2 Å². The van der Waals surface area contributed by atoms with Crippen molar-refractivity contribution in [2.24, 2.45) is 5.92 Å². The number of amides is 1. The van der Waals surface area contributed by atoms with Crippen LogP contribution in [0.15, 0.2) is 42.5 Å². The van der Waals surface area contributed by atoms with Gasteiger partial charge in [0.05, 0.1) is 12.6 Å². The number of nitrogens with zero attached hydrogens (tertiary/aromatic N) is 2. The predicted octanol–water partition coefficient (Wildman–Crippen LogP) is 4.24. The molecule has 2 bridgehead atoms. The van der Waals surface area contributed by atoms with Gasteiger partial charge in [-0.3, -0.25) is 4.79 Å². The first kappa shape index (κ1) is 20.3. The Morgan fingerprint density at radius 1 is 1.28 bits per heavy atom. The van der Waals surface area contributed by atoms with Gasteiger partial charge in [0.15, 0.2) is 10.8 Å². The molecule has 29 heavy (non-hydrogen) atoms. The van der Waals surface area contributed by atoms with E-state index in [1.165, 1.54) is 0 Å². The fraction of sp³-hybridized carbons (Fsp3) is 0.333. The number of hydrogen-bond acceptors (Lipinski definition) is 3. The molecule has 0 spiro atoms. The van der Waals surface area contributed by atoms with E-state index in [4.69, 9.17) is 40.2 Å². The number of hydrogen-bond donors (Lipinski definition) is 1. The lowest BCUT2D eigenvalue weighted by Gasteiger charge is -2.56. The molecule has 1 amide bonds. The highest BCUT2D eigenvalue weighted by Gasteiger charge is 2.58. The summed E-state index contributed by atoms with van der Waals surface area (Å²) in [6, 6.07) is 12.7. The summed E-state index contributed by atoms with van der Waals surface area (Å²) in [5.41, 5.74) is 0.739. The number of carbonyl (C=O) groups excluding carboxylic acids is 1. The van der Waals surface area contributed by atoms with Crippen molar-refractivity contribution < 1.29 is 9.53 Å². The number of benzene rings is 2. The SMILES string of the molecule is CN(C)C(=O)[C@H]1[C@H]2NC(=S)N(Cc3ccccc3Cl)[C@@]1(C)Oc1ccc(Cl)cc12. The molecular weight excluding hydrogens is 429 g/mol. The average Bonchev–Trinajstić information content (AvgIpc) is 2.66. The molecule has 152 valence electrons. The lowest BCUT2D eigenvalue weighted by Crippen LogP contribution is -2.71. The Labute approximate surface area is 185 Å². The van der Waals surface area contributed by atoms with Crippen LogP contribution >= 0.6 is 35.4 Å². The number of rotatable bonds is 3. The lowest BCUT2D eigenvalue weighted by atomic mass is 9.78. The van der Waals surface area contributed by atoms with Gasteiger partial charge in [-0.05, 0) is 49.0 Å². The molecule has 0 aliphatic carbocycles. The number of thiocarbonyl (C=S) groups is 1. The second-order valence-corrected chi connectivity index (χ2v) is 8.88. The van der Waals surface area contributed by atoms with Gasteiger partial charge in [-0.25, -0.2) is 0 Å². The molecule has 1 saturated heterocycles. The molecule has 1 N–H and O–H groups in total. The van der Waals surface area contributed by atoms with Crippen molar-refractivity contribution in [3.8, 4) is 5.75 Å². The summed E-state index contributed by atoms with van der Waals surface area (Å²) in [6.45, 7) is 2.32. The largest absolute Gasteiger partial charge is 0.467 e. The van der Waals surface area contributed by atoms with Crippen LogP contribution in [0.2, 0.25) is 10.0 Å². The zero-order chi connectivity index (χ0) is 20.9. The molecule has 0 aromatic heterocycles. The first-order valence-corrected chi connectivity index (χ1v) is 10.4. The van der Waals surface area contributed by atoms with Gasteiger partial charge in [0, 0.05) is 29.7 Å². The monoisotopic (exact) mass is 449 g/mol. The third-order valence-corrected chi connectivity index (χ3v) is 6.53. The smallest absolute Gasteiger partial charge is 0.233 e. The van der Waals surface area contributed by atoms with Gasteiger partial charge in [0.2, 0.25) is 5.91 Å². The van der Waals surface area contributed by atoms with E-state index in [0.29, 0.717) is 27.5 Å². The van der Waals surface area contributed by atoms with E-state index in [1.807, 2.05) is 48.2 Å². The molecule has 0 unspecified atom stereocenters. The Morgan fingerprint density at radius 3 is 2.69 bits per heavy atom. The molecule has 2 heterocycles. The maximum Gasteiger partial charge on any atom is 0.233 e. The Hall–Kier alpha value is -2.02. The van der Waals surface area contributed by atoms with Gasteiger partial charge in [0.25, 0.3) is 0 Å². The summed E-state index contributed by atoms with van der Waals surface area (Å²) < 4.78 is 6.47. The molecule has 2 aromatic rings. The van der Waals surface area contributed by atoms with Crippen LogP contribution < -0.4 is 10.1 Å². The van der Waals surface area contributed by atoms with Crippen LogP contribution in [0.25, 0.3) is 0 Å². The molecule has 5 nitrogen and oxygen atoms in total. The molecule has 8 heteroatoms. The third-order valence-electron chi connectivity index (χ3n) is 5.59. The Balaban J connectivity index is 1.84. The summed E-state index contributed by atoms with van der Waals surface area (Å²) in [5.74, 6) is 0.101. The standard InChI is InChI=1S/C21H21Cl2N3O2S/c1-21-17(19(27)25(2)3)18(14-10-13(22)8-9-16(14)28-21)24-20(29)26(21)11-12-6-4-5-7-15(12)23/h4-10,17-18H,11H2,1-3H3,(H,24,29)/t17-,18+,21+/m1/s1. The van der Waals surface area contributed by atoms with Gasteiger partial charge in [-0.15, -0.1) is 0 Å². The quantitative estimate of drug-likeness (QED) is 0.709. The summed E-state index contributed by atoms with van der Waals surface area (Å²) in [7, 11) is 3.48. The summed E-state index contributed by atoms with van der Waals surface area (Å²) in [4.78, 5) is 16.7. The van der Waals surface area contributed by atoms with Crippen molar-refractivity contribution in [3.05, 3.63) is 63.6 Å². The maximum absolute atomic E-state index is 13.3. The second kappa shape index (κ2) is 7.35. The minimum Gasteiger partial charge on any atom is -0.467 e. The van der Waals surface area contributed by atoms with Gasteiger partial charge in [-0.1, -0.05) is 41.4 Å². The first-order chi connectivity index (χ1) is 13.7. The van der Waals surface area contributed by atoms with E-state index in [2.05, 4.69) is 5.32 Å². The van der Waals surface area contributed by atoms with Crippen molar-refractivity contribution in [3.63, 3.8) is 0 Å². The van der Waals surface area contributed by atoms with Crippen LogP contribution in [0.3, 0.4) is 0 Å². The molecule has 2 aromatic carbocycles. The fourth-order valence-corrected chi connectivity index (χ4v) is 4.85. The van der Waals surface area contributed by atoms with Crippen LogP contribution in [-0.2, 0) is 11.3 Å². The molecule has 2 aliphatic heterocycles. The third kappa shape index (κ3) is 3.33. The predicted molar refractivity (Wildman–Crippen MR) is 118 cm³/mol. The number of halogens is 2. The topological polar surface area (TPSA) is 44.8 Å².